The fraction of sp³-hybridized carbons (Fsp3) is 0.686. The maximum atomic E-state index is 12.3. The summed E-state index contributed by atoms with van der Waals surface area (Å²) in [5, 5.41) is 12.4. The van der Waals surface area contributed by atoms with Gasteiger partial charge in [-0.15, -0.1) is 0 Å². The number of likely N-dealkylation sites (tertiary alicyclic amines) is 1. The molecule has 1 saturated carbocycles. The molecular formula is C35H62FN7O6S2. The molecule has 7 N–H and O–H groups in total. The summed E-state index contributed by atoms with van der Waals surface area (Å²) in [5.74, 6) is 1.08. The lowest BCUT2D eigenvalue weighted by Crippen LogP contribution is -2.45. The third-order valence-corrected chi connectivity index (χ3v) is 10.2. The van der Waals surface area contributed by atoms with E-state index in [0.29, 0.717) is 17.2 Å². The molecule has 0 bridgehead atoms. The average Bonchev–Trinajstić information content (AvgIpc) is 3.49. The third-order valence-electron chi connectivity index (χ3n) is 8.55. The number of primary sulfonamides is 2. The molecule has 2 aromatic rings. The van der Waals surface area contributed by atoms with Crippen LogP contribution in [0.4, 0.5) is 15.0 Å². The van der Waals surface area contributed by atoms with Gasteiger partial charge in [0.1, 0.15) is 11.4 Å². The molecule has 0 radical (unpaired) electrons. The molecule has 2 aromatic heterocycles. The largest absolute Gasteiger partial charge is 0.444 e. The first-order valence-electron chi connectivity index (χ1n) is 17.0. The topological polar surface area (TPSA) is 214 Å². The molecule has 1 aliphatic carbocycles. The number of halogens is 1. The first kappa shape index (κ1) is 46.1. The Morgan fingerprint density at radius 1 is 0.941 bits per heavy atom. The second kappa shape index (κ2) is 19.2. The number of amides is 1. The molecule has 0 aromatic carbocycles. The fourth-order valence-corrected chi connectivity index (χ4v) is 7.26. The molecule has 1 amide bonds. The maximum Gasteiger partial charge on any atom is 0.410 e. The van der Waals surface area contributed by atoms with E-state index in [-0.39, 0.29) is 24.1 Å². The quantitative estimate of drug-likeness (QED) is 0.163. The van der Waals surface area contributed by atoms with Crippen molar-refractivity contribution in [3.63, 3.8) is 0 Å². The van der Waals surface area contributed by atoms with Crippen molar-refractivity contribution in [2.24, 2.45) is 33.3 Å². The van der Waals surface area contributed by atoms with Crippen molar-refractivity contribution in [3.8, 4) is 0 Å². The second-order valence-electron chi connectivity index (χ2n) is 15.5. The van der Waals surface area contributed by atoms with E-state index in [1.165, 1.54) is 37.8 Å². The Bertz CT molecular complexity index is 1620. The van der Waals surface area contributed by atoms with Crippen molar-refractivity contribution in [1.82, 2.24) is 14.9 Å². The SMILES string of the molecule is C.CC(C)(C)OC(=O)N1C[C@@H](CCCN)CC1(C)C.CC1(C)CC[C@@H](CCCNc2cccc(S(N)(=O)=O)n2)C1.NS(=O)(=O)c1cccc(F)n1. The van der Waals surface area contributed by atoms with Crippen molar-refractivity contribution in [1.29, 1.82) is 0 Å². The molecule has 0 spiro atoms. The minimum Gasteiger partial charge on any atom is -0.444 e. The van der Waals surface area contributed by atoms with E-state index in [9.17, 15) is 26.0 Å². The summed E-state index contributed by atoms with van der Waals surface area (Å²) in [6.07, 6.45) is 9.21. The van der Waals surface area contributed by atoms with Gasteiger partial charge in [-0.25, -0.2) is 41.9 Å². The molecule has 292 valence electrons. The maximum absolute atomic E-state index is 12.3. The van der Waals surface area contributed by atoms with Crippen LogP contribution in [0.2, 0.25) is 0 Å². The van der Waals surface area contributed by atoms with Gasteiger partial charge in [0, 0.05) is 18.6 Å². The highest BCUT2D eigenvalue weighted by Crippen LogP contribution is 2.42. The average molecular weight is 760 g/mol. The zero-order chi connectivity index (χ0) is 38.0. The number of pyridine rings is 2. The summed E-state index contributed by atoms with van der Waals surface area (Å²) in [5.41, 5.74) is 5.51. The van der Waals surface area contributed by atoms with E-state index >= 15 is 0 Å². The number of ether oxygens (including phenoxy) is 1. The molecule has 2 atom stereocenters. The Kier molecular flexibility index (Phi) is 17.4. The van der Waals surface area contributed by atoms with E-state index in [0.717, 1.165) is 63.4 Å². The lowest BCUT2D eigenvalue weighted by atomic mass is 9.89. The summed E-state index contributed by atoms with van der Waals surface area (Å²) in [4.78, 5) is 21.1. The molecule has 13 nitrogen and oxygen atoms in total. The van der Waals surface area contributed by atoms with Crippen LogP contribution in [0.25, 0.3) is 0 Å². The van der Waals surface area contributed by atoms with Gasteiger partial charge < -0.3 is 20.7 Å². The number of nitrogens with zero attached hydrogens (tertiary/aromatic N) is 3. The summed E-state index contributed by atoms with van der Waals surface area (Å²) in [6, 6.07) is 8.19. The Morgan fingerprint density at radius 2 is 1.51 bits per heavy atom. The number of carbonyl (C=O) groups excluding carboxylic acids is 1. The number of nitrogens with two attached hydrogens (primary N) is 3. The summed E-state index contributed by atoms with van der Waals surface area (Å²) >= 11 is 0. The van der Waals surface area contributed by atoms with Crippen LogP contribution in [0.5, 0.6) is 0 Å². The highest BCUT2D eigenvalue weighted by molar-refractivity contribution is 7.89. The molecule has 1 saturated heterocycles. The van der Waals surface area contributed by atoms with Crippen molar-refractivity contribution >= 4 is 32.0 Å². The number of aromatic nitrogens is 2. The van der Waals surface area contributed by atoms with E-state index < -0.39 is 36.6 Å². The van der Waals surface area contributed by atoms with Crippen LogP contribution in [-0.4, -0.2) is 68.6 Å². The van der Waals surface area contributed by atoms with Crippen molar-refractivity contribution < 1.29 is 30.8 Å². The zero-order valence-corrected chi connectivity index (χ0v) is 32.2. The fourth-order valence-electron chi connectivity index (χ4n) is 6.28. The van der Waals surface area contributed by atoms with Crippen molar-refractivity contribution in [3.05, 3.63) is 42.3 Å². The standard InChI is InChI=1S/C15H25N3O2S.C14H28N2O2.C5H5FN2O2S.CH4/c1-15(2)9-8-12(11-15)5-4-10-17-13-6-3-7-14(18-13)21(16,19)20;1-13(2,3)18-12(17)16-10-11(7-6-8-15)9-14(16,4)5;6-4-2-1-3-5(8-4)11(7,9)10;/h3,6-7,12H,4-5,8-11H2,1-2H3,(H,17,18)(H2,16,19,20);11H,6-10,15H2,1-5H3;1-3H,(H2,7,9,10);1H4/t12-;11-;;/m10../s1. The summed E-state index contributed by atoms with van der Waals surface area (Å²) < 4.78 is 61.3. The van der Waals surface area contributed by atoms with E-state index in [2.05, 4.69) is 48.1 Å². The van der Waals surface area contributed by atoms with Gasteiger partial charge in [0.15, 0.2) is 10.1 Å². The molecule has 3 heterocycles. The Labute approximate surface area is 305 Å². The molecule has 2 fully saturated rings. The number of rotatable bonds is 10. The van der Waals surface area contributed by atoms with Crippen LogP contribution in [0.15, 0.2) is 46.5 Å². The van der Waals surface area contributed by atoms with Gasteiger partial charge in [0.05, 0.1) is 0 Å². The Hall–Kier alpha value is -2.92. The molecular weight excluding hydrogens is 698 g/mol. The normalized spacial score (nSPS) is 19.5. The number of hydrogen-bond acceptors (Lipinski definition) is 10. The predicted octanol–water partition coefficient (Wildman–Crippen LogP) is 6.01. The van der Waals surface area contributed by atoms with Gasteiger partial charge in [0.25, 0.3) is 20.0 Å². The van der Waals surface area contributed by atoms with Crippen LogP contribution in [-0.2, 0) is 24.8 Å². The molecule has 4 rings (SSSR count). The smallest absolute Gasteiger partial charge is 0.410 e. The van der Waals surface area contributed by atoms with Crippen molar-refractivity contribution in [2.45, 2.75) is 128 Å². The van der Waals surface area contributed by atoms with Gasteiger partial charge in [-0.2, -0.15) is 4.39 Å². The third kappa shape index (κ3) is 17.0. The number of nitrogens with one attached hydrogen (secondary N) is 1. The first-order valence-corrected chi connectivity index (χ1v) is 20.1. The predicted molar refractivity (Wildman–Crippen MR) is 200 cm³/mol. The van der Waals surface area contributed by atoms with Gasteiger partial charge >= 0.3 is 6.09 Å². The van der Waals surface area contributed by atoms with Crippen LogP contribution < -0.4 is 21.3 Å². The van der Waals surface area contributed by atoms with Gasteiger partial charge in [-0.1, -0.05) is 33.4 Å². The van der Waals surface area contributed by atoms with E-state index in [1.807, 2.05) is 25.7 Å². The summed E-state index contributed by atoms with van der Waals surface area (Å²) in [6.45, 7) is 16.9. The van der Waals surface area contributed by atoms with Crippen LogP contribution in [0, 0.1) is 23.2 Å². The van der Waals surface area contributed by atoms with E-state index in [1.54, 1.807) is 12.1 Å². The van der Waals surface area contributed by atoms with Crippen LogP contribution >= 0.6 is 0 Å². The number of hydrogen-bond donors (Lipinski definition) is 4. The molecule has 0 unspecified atom stereocenters. The van der Waals surface area contributed by atoms with Crippen molar-refractivity contribution in [2.75, 3.05) is 25.0 Å². The summed E-state index contributed by atoms with van der Waals surface area (Å²) in [7, 11) is -7.61. The molecule has 2 aliphatic rings. The lowest BCUT2D eigenvalue weighted by molar-refractivity contribution is 0.0130. The van der Waals surface area contributed by atoms with Gasteiger partial charge in [0.2, 0.25) is 5.95 Å². The second-order valence-corrected chi connectivity index (χ2v) is 18.5. The number of carbonyl (C=O) groups is 1. The van der Waals surface area contributed by atoms with E-state index in [4.69, 9.17) is 15.6 Å². The first-order chi connectivity index (χ1) is 22.9. The number of anilines is 1. The highest BCUT2D eigenvalue weighted by Gasteiger charge is 2.42. The molecule has 1 aliphatic heterocycles. The van der Waals surface area contributed by atoms with Crippen LogP contribution in [0.3, 0.4) is 0 Å². The van der Waals surface area contributed by atoms with Crippen LogP contribution in [0.1, 0.15) is 107 Å². The number of sulfonamides is 2. The Morgan fingerprint density at radius 3 is 2.00 bits per heavy atom. The molecule has 51 heavy (non-hydrogen) atoms. The van der Waals surface area contributed by atoms with Gasteiger partial charge in [-0.05, 0) is 134 Å². The monoisotopic (exact) mass is 759 g/mol. The lowest BCUT2D eigenvalue weighted by Gasteiger charge is -2.33. The molecule has 16 heteroatoms. The Balaban J connectivity index is 0.000000396. The zero-order valence-electron chi connectivity index (χ0n) is 30.6. The highest BCUT2D eigenvalue weighted by atomic mass is 32.2. The minimum absolute atomic E-state index is 0. The minimum atomic E-state index is -3.88. The van der Waals surface area contributed by atoms with Gasteiger partial charge in [-0.3, -0.25) is 0 Å².